The predicted octanol–water partition coefficient (Wildman–Crippen LogP) is 3.66. The van der Waals surface area contributed by atoms with Crippen LogP contribution in [0.25, 0.3) is 0 Å². The van der Waals surface area contributed by atoms with Gasteiger partial charge in [0.15, 0.2) is 11.8 Å². The number of nitrogens with one attached hydrogen (secondary N) is 2. The summed E-state index contributed by atoms with van der Waals surface area (Å²) in [6.45, 7) is 9.54. The van der Waals surface area contributed by atoms with E-state index in [1.165, 1.54) is 24.8 Å². The first-order valence-corrected chi connectivity index (χ1v) is 11.6. The monoisotopic (exact) mass is 444 g/mol. The molecule has 8 nitrogen and oxygen atoms in total. The van der Waals surface area contributed by atoms with E-state index in [9.17, 15) is 0 Å². The van der Waals surface area contributed by atoms with Crippen LogP contribution in [-0.2, 0) is 24.9 Å². The summed E-state index contributed by atoms with van der Waals surface area (Å²) >= 11 is 0. The first kappa shape index (κ1) is 25.6. The second-order valence-corrected chi connectivity index (χ2v) is 8.03. The zero-order valence-corrected chi connectivity index (χ0v) is 20.4. The lowest BCUT2D eigenvalue weighted by molar-refractivity contribution is 0.195. The summed E-state index contributed by atoms with van der Waals surface area (Å²) in [6, 6.07) is 6.32. The third kappa shape index (κ3) is 8.86. The molecular weight excluding hydrogens is 404 g/mol. The van der Waals surface area contributed by atoms with E-state index in [-0.39, 0.29) is 0 Å². The van der Waals surface area contributed by atoms with Crippen molar-refractivity contribution in [2.45, 2.75) is 66.0 Å². The number of unbranched alkanes of at least 4 members (excludes halogenated alkanes) is 3. The summed E-state index contributed by atoms with van der Waals surface area (Å²) in [5.74, 6) is 3.40. The fraction of sp³-hybridized carbons (Fsp3) is 0.625. The lowest BCUT2D eigenvalue weighted by Crippen LogP contribution is -2.38. The van der Waals surface area contributed by atoms with Crippen LogP contribution in [-0.4, -0.2) is 47.6 Å². The SMILES string of the molecule is CCCCCCOc1cc(C)ccc1CN=C(NCCCOC)NCc1nnc(C)n1C. The van der Waals surface area contributed by atoms with Gasteiger partial charge in [-0.1, -0.05) is 38.3 Å². The fourth-order valence-corrected chi connectivity index (χ4v) is 3.17. The molecule has 2 aromatic rings. The molecule has 0 saturated heterocycles. The number of benzene rings is 1. The van der Waals surface area contributed by atoms with Crippen molar-refractivity contribution < 1.29 is 9.47 Å². The first-order valence-electron chi connectivity index (χ1n) is 11.6. The Morgan fingerprint density at radius 1 is 1.06 bits per heavy atom. The minimum Gasteiger partial charge on any atom is -0.493 e. The lowest BCUT2D eigenvalue weighted by atomic mass is 10.1. The second kappa shape index (κ2) is 14.5. The highest BCUT2D eigenvalue weighted by molar-refractivity contribution is 5.79. The Morgan fingerprint density at radius 2 is 1.91 bits per heavy atom. The molecule has 178 valence electrons. The predicted molar refractivity (Wildman–Crippen MR) is 129 cm³/mol. The van der Waals surface area contributed by atoms with Crippen molar-refractivity contribution in [1.82, 2.24) is 25.4 Å². The van der Waals surface area contributed by atoms with Gasteiger partial charge in [-0.15, -0.1) is 10.2 Å². The maximum absolute atomic E-state index is 6.11. The van der Waals surface area contributed by atoms with Crippen molar-refractivity contribution in [2.24, 2.45) is 12.0 Å². The highest BCUT2D eigenvalue weighted by Gasteiger charge is 2.08. The molecule has 0 bridgehead atoms. The maximum Gasteiger partial charge on any atom is 0.191 e. The van der Waals surface area contributed by atoms with E-state index in [0.717, 1.165) is 54.9 Å². The average molecular weight is 445 g/mol. The third-order valence-electron chi connectivity index (χ3n) is 5.30. The number of guanidine groups is 1. The van der Waals surface area contributed by atoms with Crippen molar-refractivity contribution in [3.05, 3.63) is 41.0 Å². The fourth-order valence-electron chi connectivity index (χ4n) is 3.17. The Kier molecular flexibility index (Phi) is 11.6. The van der Waals surface area contributed by atoms with E-state index in [4.69, 9.17) is 14.5 Å². The largest absolute Gasteiger partial charge is 0.493 e. The summed E-state index contributed by atoms with van der Waals surface area (Å²) in [6.07, 6.45) is 5.66. The van der Waals surface area contributed by atoms with Gasteiger partial charge in [-0.05, 0) is 38.3 Å². The van der Waals surface area contributed by atoms with Crippen LogP contribution in [0.1, 0.15) is 61.8 Å². The standard InChI is InChI=1S/C24H40N6O2/c1-6-7-8-9-15-32-22-16-19(2)11-12-21(22)17-26-24(25-13-10-14-31-5)27-18-23-29-28-20(3)30(23)4/h11-12,16H,6-10,13-15,17-18H2,1-5H3,(H2,25,26,27). The van der Waals surface area contributed by atoms with Gasteiger partial charge in [-0.3, -0.25) is 0 Å². The number of aryl methyl sites for hydroxylation is 2. The molecule has 2 N–H and O–H groups in total. The quantitative estimate of drug-likeness (QED) is 0.263. The van der Waals surface area contributed by atoms with Crippen LogP contribution in [0.5, 0.6) is 5.75 Å². The number of ether oxygens (including phenoxy) is 2. The molecule has 0 fully saturated rings. The number of aliphatic imine (C=N–C) groups is 1. The van der Waals surface area contributed by atoms with Gasteiger partial charge in [-0.2, -0.15) is 0 Å². The number of nitrogens with zero attached hydrogens (tertiary/aromatic N) is 4. The van der Waals surface area contributed by atoms with Crippen molar-refractivity contribution in [1.29, 1.82) is 0 Å². The van der Waals surface area contributed by atoms with Crippen molar-refractivity contribution >= 4 is 5.96 Å². The molecule has 1 heterocycles. The molecule has 0 unspecified atom stereocenters. The van der Waals surface area contributed by atoms with Crippen LogP contribution in [0.15, 0.2) is 23.2 Å². The number of hydrogen-bond acceptors (Lipinski definition) is 5. The minimum absolute atomic E-state index is 0.530. The van der Waals surface area contributed by atoms with Gasteiger partial charge in [0, 0.05) is 32.9 Å². The normalized spacial score (nSPS) is 11.6. The molecule has 0 aliphatic heterocycles. The molecule has 0 spiro atoms. The van der Waals surface area contributed by atoms with E-state index < -0.39 is 0 Å². The van der Waals surface area contributed by atoms with Gasteiger partial charge < -0.3 is 24.7 Å². The van der Waals surface area contributed by atoms with Gasteiger partial charge in [0.05, 0.1) is 19.7 Å². The molecule has 0 aliphatic carbocycles. The second-order valence-electron chi connectivity index (χ2n) is 8.03. The molecule has 0 saturated carbocycles. The molecule has 0 amide bonds. The van der Waals surface area contributed by atoms with E-state index in [1.54, 1.807) is 7.11 Å². The Labute approximate surface area is 192 Å². The number of rotatable bonds is 14. The minimum atomic E-state index is 0.530. The molecule has 1 aromatic carbocycles. The number of aromatic nitrogens is 3. The van der Waals surface area contributed by atoms with Gasteiger partial charge in [0.1, 0.15) is 11.6 Å². The molecule has 2 rings (SSSR count). The van der Waals surface area contributed by atoms with Crippen LogP contribution in [0.2, 0.25) is 0 Å². The van der Waals surface area contributed by atoms with E-state index in [2.05, 4.69) is 52.9 Å². The van der Waals surface area contributed by atoms with Crippen LogP contribution in [0.3, 0.4) is 0 Å². The molecule has 0 atom stereocenters. The topological polar surface area (TPSA) is 85.6 Å². The smallest absolute Gasteiger partial charge is 0.191 e. The van der Waals surface area contributed by atoms with Crippen LogP contribution in [0.4, 0.5) is 0 Å². The molecule has 32 heavy (non-hydrogen) atoms. The summed E-state index contributed by atoms with van der Waals surface area (Å²) in [7, 11) is 3.68. The van der Waals surface area contributed by atoms with Crippen LogP contribution < -0.4 is 15.4 Å². The Balaban J connectivity index is 2.03. The zero-order chi connectivity index (χ0) is 23.2. The Bertz CT molecular complexity index is 834. The first-order chi connectivity index (χ1) is 15.5. The number of hydrogen-bond donors (Lipinski definition) is 2. The van der Waals surface area contributed by atoms with E-state index in [1.807, 2.05) is 18.5 Å². The summed E-state index contributed by atoms with van der Waals surface area (Å²) in [5, 5.41) is 15.1. The van der Waals surface area contributed by atoms with Crippen LogP contribution in [0, 0.1) is 13.8 Å². The maximum atomic E-state index is 6.11. The summed E-state index contributed by atoms with van der Waals surface area (Å²) in [5.41, 5.74) is 2.27. The molecular formula is C24H40N6O2. The Morgan fingerprint density at radius 3 is 2.62 bits per heavy atom. The van der Waals surface area contributed by atoms with E-state index in [0.29, 0.717) is 19.7 Å². The molecule has 1 aromatic heterocycles. The van der Waals surface area contributed by atoms with Crippen LogP contribution >= 0.6 is 0 Å². The highest BCUT2D eigenvalue weighted by atomic mass is 16.5. The van der Waals surface area contributed by atoms with Gasteiger partial charge in [0.2, 0.25) is 0 Å². The van der Waals surface area contributed by atoms with Gasteiger partial charge in [-0.25, -0.2) is 4.99 Å². The average Bonchev–Trinajstić information content (AvgIpc) is 3.11. The van der Waals surface area contributed by atoms with E-state index >= 15 is 0 Å². The molecule has 0 aliphatic rings. The van der Waals surface area contributed by atoms with Crippen molar-refractivity contribution in [3.8, 4) is 5.75 Å². The highest BCUT2D eigenvalue weighted by Crippen LogP contribution is 2.22. The lowest BCUT2D eigenvalue weighted by Gasteiger charge is -2.14. The van der Waals surface area contributed by atoms with Gasteiger partial charge >= 0.3 is 0 Å². The third-order valence-corrected chi connectivity index (χ3v) is 5.30. The Hall–Kier alpha value is -2.61. The molecule has 8 heteroatoms. The summed E-state index contributed by atoms with van der Waals surface area (Å²) < 4.78 is 13.2. The van der Waals surface area contributed by atoms with Crippen molar-refractivity contribution in [2.75, 3.05) is 26.9 Å². The van der Waals surface area contributed by atoms with Crippen molar-refractivity contribution in [3.63, 3.8) is 0 Å². The summed E-state index contributed by atoms with van der Waals surface area (Å²) in [4.78, 5) is 4.81. The van der Waals surface area contributed by atoms with Gasteiger partial charge in [0.25, 0.3) is 0 Å². The number of methoxy groups -OCH3 is 1. The zero-order valence-electron chi connectivity index (χ0n) is 20.4. The molecule has 0 radical (unpaired) electrons.